The molecule has 32 heavy (non-hydrogen) atoms. The van der Waals surface area contributed by atoms with Gasteiger partial charge in [0.1, 0.15) is 18.1 Å². The number of nitrogens with zero attached hydrogens (tertiary/aromatic N) is 2. The third kappa shape index (κ3) is 4.75. The third-order valence-corrected chi connectivity index (χ3v) is 6.61. The van der Waals surface area contributed by atoms with Crippen molar-refractivity contribution in [3.8, 4) is 11.5 Å². The topological polar surface area (TPSA) is 53.0 Å². The summed E-state index contributed by atoms with van der Waals surface area (Å²) in [5, 5.41) is 9.90. The maximum absolute atomic E-state index is 14.6. The van der Waals surface area contributed by atoms with Gasteiger partial charge in [-0.05, 0) is 67.1 Å². The van der Waals surface area contributed by atoms with E-state index in [1.807, 2.05) is 30.3 Å². The summed E-state index contributed by atoms with van der Waals surface area (Å²) in [6.07, 6.45) is 1.82. The highest BCUT2D eigenvalue weighted by Crippen LogP contribution is 2.38. The Bertz CT molecular complexity index is 949. The van der Waals surface area contributed by atoms with Crippen molar-refractivity contribution in [2.75, 3.05) is 32.8 Å². The summed E-state index contributed by atoms with van der Waals surface area (Å²) in [5.41, 5.74) is 0.846. The zero-order valence-corrected chi connectivity index (χ0v) is 19.2. The quantitative estimate of drug-likeness (QED) is 0.696. The van der Waals surface area contributed by atoms with Gasteiger partial charge >= 0.3 is 0 Å². The molecule has 1 saturated heterocycles. The van der Waals surface area contributed by atoms with Crippen LogP contribution in [0.15, 0.2) is 42.5 Å². The molecule has 0 spiro atoms. The number of halogens is 1. The molecular weight excluding hydrogens is 407 g/mol. The Labute approximate surface area is 189 Å². The Hall–Kier alpha value is -2.60. The van der Waals surface area contributed by atoms with E-state index in [0.29, 0.717) is 19.6 Å². The van der Waals surface area contributed by atoms with Crippen molar-refractivity contribution in [1.29, 1.82) is 0 Å². The molecule has 0 aromatic heterocycles. The Morgan fingerprint density at radius 1 is 1.19 bits per heavy atom. The van der Waals surface area contributed by atoms with Crippen LogP contribution in [0.3, 0.4) is 0 Å². The molecule has 0 bridgehead atoms. The minimum Gasteiger partial charge on any atom is -0.508 e. The smallest absolute Gasteiger partial charge is 0.260 e. The molecule has 4 rings (SSSR count). The van der Waals surface area contributed by atoms with E-state index in [2.05, 4.69) is 11.8 Å². The SMILES string of the molecule is CCC1CN(CCOc2ccc([C@H]3c4ccc(O)cc4CCN3C(=O)C(C)(C)F)cc2)C1. The third-order valence-electron chi connectivity index (χ3n) is 6.61. The fraction of sp³-hybridized carbons (Fsp3) is 0.500. The summed E-state index contributed by atoms with van der Waals surface area (Å²) >= 11 is 0. The van der Waals surface area contributed by atoms with Crippen molar-refractivity contribution < 1.29 is 19.0 Å². The predicted octanol–water partition coefficient (Wildman–Crippen LogP) is 4.34. The number of alkyl halides is 1. The molecule has 1 fully saturated rings. The lowest BCUT2D eigenvalue weighted by molar-refractivity contribution is -0.144. The molecule has 2 aromatic carbocycles. The summed E-state index contributed by atoms with van der Waals surface area (Å²) in [5.74, 6) is 1.28. The number of carbonyl (C=O) groups excluding carboxylic acids is 1. The molecule has 2 aliphatic heterocycles. The number of fused-ring (bicyclic) bond motifs is 1. The number of hydrogen-bond donors (Lipinski definition) is 1. The standard InChI is InChI=1S/C26H33FN2O3/c1-4-18-16-28(17-18)13-14-32-22-8-5-19(6-9-22)24-23-10-7-21(30)15-20(23)11-12-29(24)25(31)26(2,3)27/h5-10,15,18,24,30H,4,11-14,16-17H2,1-3H3/t24-/m0/s1. The second-order valence-corrected chi connectivity index (χ2v) is 9.46. The van der Waals surface area contributed by atoms with E-state index in [9.17, 15) is 14.3 Å². The van der Waals surface area contributed by atoms with Crippen molar-refractivity contribution in [2.45, 2.75) is 45.3 Å². The normalized spacial score (nSPS) is 19.4. The van der Waals surface area contributed by atoms with Gasteiger partial charge in [-0.15, -0.1) is 0 Å². The molecule has 172 valence electrons. The molecule has 5 nitrogen and oxygen atoms in total. The number of phenolic OH excluding ortho intramolecular Hbond substituents is 1. The van der Waals surface area contributed by atoms with Gasteiger partial charge in [-0.2, -0.15) is 0 Å². The number of ether oxygens (including phenoxy) is 1. The van der Waals surface area contributed by atoms with Gasteiger partial charge in [-0.25, -0.2) is 4.39 Å². The van der Waals surface area contributed by atoms with Crippen LogP contribution in [0, 0.1) is 5.92 Å². The van der Waals surface area contributed by atoms with E-state index < -0.39 is 17.6 Å². The second kappa shape index (κ2) is 9.10. The van der Waals surface area contributed by atoms with E-state index in [1.54, 1.807) is 17.0 Å². The summed E-state index contributed by atoms with van der Waals surface area (Å²) in [4.78, 5) is 16.9. The number of benzene rings is 2. The van der Waals surface area contributed by atoms with Gasteiger partial charge in [-0.3, -0.25) is 9.69 Å². The monoisotopic (exact) mass is 440 g/mol. The van der Waals surface area contributed by atoms with Crippen LogP contribution in [0.5, 0.6) is 11.5 Å². The molecule has 2 aromatic rings. The van der Waals surface area contributed by atoms with Crippen LogP contribution in [0.1, 0.15) is 49.9 Å². The van der Waals surface area contributed by atoms with Crippen LogP contribution in [-0.4, -0.2) is 59.3 Å². The molecule has 0 aliphatic carbocycles. The Morgan fingerprint density at radius 3 is 2.56 bits per heavy atom. The van der Waals surface area contributed by atoms with E-state index in [0.717, 1.165) is 48.0 Å². The molecule has 1 atom stereocenters. The molecule has 0 saturated carbocycles. The summed E-state index contributed by atoms with van der Waals surface area (Å²) in [7, 11) is 0. The number of hydrogen-bond acceptors (Lipinski definition) is 4. The van der Waals surface area contributed by atoms with E-state index in [1.165, 1.54) is 20.3 Å². The van der Waals surface area contributed by atoms with E-state index in [-0.39, 0.29) is 5.75 Å². The molecule has 0 unspecified atom stereocenters. The Morgan fingerprint density at radius 2 is 1.91 bits per heavy atom. The first-order valence-corrected chi connectivity index (χ1v) is 11.5. The lowest BCUT2D eigenvalue weighted by Crippen LogP contribution is -2.48. The molecule has 1 amide bonds. The zero-order valence-electron chi connectivity index (χ0n) is 19.2. The lowest BCUT2D eigenvalue weighted by atomic mass is 9.87. The molecular formula is C26H33FN2O3. The average molecular weight is 441 g/mol. The van der Waals surface area contributed by atoms with Crippen molar-refractivity contribution in [2.24, 2.45) is 5.92 Å². The molecule has 2 heterocycles. The first-order chi connectivity index (χ1) is 15.3. The van der Waals surface area contributed by atoms with Gasteiger partial charge in [-0.1, -0.05) is 31.5 Å². The van der Waals surface area contributed by atoms with Crippen LogP contribution in [0.2, 0.25) is 0 Å². The molecule has 6 heteroatoms. The van der Waals surface area contributed by atoms with Gasteiger partial charge in [0.05, 0.1) is 6.04 Å². The van der Waals surface area contributed by atoms with Gasteiger partial charge < -0.3 is 14.7 Å². The maximum Gasteiger partial charge on any atom is 0.260 e. The van der Waals surface area contributed by atoms with Gasteiger partial charge in [0.25, 0.3) is 5.91 Å². The van der Waals surface area contributed by atoms with Crippen LogP contribution in [0.4, 0.5) is 4.39 Å². The lowest BCUT2D eigenvalue weighted by Gasteiger charge is -2.40. The maximum atomic E-state index is 14.6. The number of rotatable bonds is 7. The average Bonchev–Trinajstić information content (AvgIpc) is 2.73. The Balaban J connectivity index is 1.50. The largest absolute Gasteiger partial charge is 0.508 e. The van der Waals surface area contributed by atoms with Crippen LogP contribution in [-0.2, 0) is 11.2 Å². The summed E-state index contributed by atoms with van der Waals surface area (Å²) in [6, 6.07) is 12.5. The Kier molecular flexibility index (Phi) is 6.42. The van der Waals surface area contributed by atoms with Crippen molar-refractivity contribution >= 4 is 5.91 Å². The fourth-order valence-corrected chi connectivity index (χ4v) is 4.69. The number of amides is 1. The van der Waals surface area contributed by atoms with Crippen LogP contribution in [0.25, 0.3) is 0 Å². The van der Waals surface area contributed by atoms with Crippen LogP contribution >= 0.6 is 0 Å². The van der Waals surface area contributed by atoms with Crippen molar-refractivity contribution in [1.82, 2.24) is 9.80 Å². The van der Waals surface area contributed by atoms with Crippen molar-refractivity contribution in [3.63, 3.8) is 0 Å². The highest BCUT2D eigenvalue weighted by molar-refractivity contribution is 5.85. The number of carbonyl (C=O) groups is 1. The highest BCUT2D eigenvalue weighted by Gasteiger charge is 2.39. The zero-order chi connectivity index (χ0) is 22.9. The summed E-state index contributed by atoms with van der Waals surface area (Å²) in [6.45, 7) is 9.12. The number of likely N-dealkylation sites (tertiary alicyclic amines) is 1. The molecule has 1 N–H and O–H groups in total. The molecule has 2 aliphatic rings. The summed E-state index contributed by atoms with van der Waals surface area (Å²) < 4.78 is 20.5. The van der Waals surface area contributed by atoms with Gasteiger partial charge in [0.15, 0.2) is 5.67 Å². The number of phenols is 1. The van der Waals surface area contributed by atoms with Gasteiger partial charge in [0.2, 0.25) is 0 Å². The van der Waals surface area contributed by atoms with Crippen LogP contribution < -0.4 is 4.74 Å². The number of aromatic hydroxyl groups is 1. The fourth-order valence-electron chi connectivity index (χ4n) is 4.69. The predicted molar refractivity (Wildman–Crippen MR) is 123 cm³/mol. The second-order valence-electron chi connectivity index (χ2n) is 9.46. The van der Waals surface area contributed by atoms with Crippen molar-refractivity contribution in [3.05, 3.63) is 59.2 Å². The van der Waals surface area contributed by atoms with E-state index >= 15 is 0 Å². The minimum absolute atomic E-state index is 0.198. The first kappa shape index (κ1) is 22.6. The minimum atomic E-state index is -1.95. The van der Waals surface area contributed by atoms with E-state index in [4.69, 9.17) is 4.74 Å². The molecule has 0 radical (unpaired) electrons. The highest BCUT2D eigenvalue weighted by atomic mass is 19.1. The first-order valence-electron chi connectivity index (χ1n) is 11.5. The van der Waals surface area contributed by atoms with Gasteiger partial charge in [0, 0.05) is 26.2 Å².